The van der Waals surface area contributed by atoms with Gasteiger partial charge in [0.05, 0.1) is 27.1 Å². The fourth-order valence-corrected chi connectivity index (χ4v) is 1.42. The highest BCUT2D eigenvalue weighted by Crippen LogP contribution is 2.00. The van der Waals surface area contributed by atoms with E-state index in [0.29, 0.717) is 12.8 Å². The molecule has 0 atom stereocenters. The molecule has 0 unspecified atom stereocenters. The first kappa shape index (κ1) is 19.6. The minimum absolute atomic E-state index is 0.115. The molecule has 0 aromatic rings. The lowest BCUT2D eigenvalue weighted by Gasteiger charge is -2.06. The molecule has 0 saturated heterocycles. The van der Waals surface area contributed by atoms with Gasteiger partial charge < -0.3 is 14.4 Å². The van der Waals surface area contributed by atoms with Crippen molar-refractivity contribution in [2.75, 3.05) is 46.4 Å². The number of carbonyl (C=O) groups excluding carboxylic acids is 2. The smallest absolute Gasteiger partial charge is 0.306 e. The van der Waals surface area contributed by atoms with Crippen LogP contribution in [0.15, 0.2) is 0 Å². The summed E-state index contributed by atoms with van der Waals surface area (Å²) in [6.07, 6.45) is 1.01. The maximum absolute atomic E-state index is 10.5. The highest BCUT2D eigenvalue weighted by Gasteiger charge is 1.98. The molecule has 0 rings (SSSR count). The Bertz CT molecular complexity index is 222. The van der Waals surface area contributed by atoms with Gasteiger partial charge in [0.15, 0.2) is 0 Å². The van der Waals surface area contributed by atoms with Crippen LogP contribution in [0, 0.1) is 0 Å². The van der Waals surface area contributed by atoms with Crippen LogP contribution in [0.4, 0.5) is 0 Å². The van der Waals surface area contributed by atoms with Gasteiger partial charge in [-0.1, -0.05) is 6.92 Å². The van der Waals surface area contributed by atoms with Gasteiger partial charge in [-0.05, 0) is 19.8 Å². The van der Waals surface area contributed by atoms with Crippen molar-refractivity contribution in [2.45, 2.75) is 19.8 Å². The van der Waals surface area contributed by atoms with Gasteiger partial charge in [-0.3, -0.25) is 9.59 Å². The van der Waals surface area contributed by atoms with E-state index in [2.05, 4.69) is 16.4 Å². The molecule has 0 fully saturated rings. The van der Waals surface area contributed by atoms with Crippen molar-refractivity contribution in [3.63, 3.8) is 0 Å². The van der Waals surface area contributed by atoms with E-state index in [0.717, 1.165) is 18.1 Å². The topological polar surface area (TPSA) is 55.8 Å². The zero-order valence-corrected chi connectivity index (χ0v) is 12.8. The van der Waals surface area contributed by atoms with Gasteiger partial charge in [0.1, 0.15) is 0 Å². The van der Waals surface area contributed by atoms with Crippen LogP contribution in [0.5, 0.6) is 0 Å². The standard InChI is InChI=1S/C6H13NO2.C6H12O2S/c1-7(2)5-4-6(8)9-3;1-3-9-5-4-6(7)8-2/h4-5H2,1-3H3;3-5H2,1-2H3. The van der Waals surface area contributed by atoms with Gasteiger partial charge in [-0.25, -0.2) is 0 Å². The number of thioether (sulfide) groups is 1. The van der Waals surface area contributed by atoms with Crippen LogP contribution in [0.1, 0.15) is 19.8 Å². The number of methoxy groups -OCH3 is 2. The van der Waals surface area contributed by atoms with Crippen LogP contribution in [-0.2, 0) is 19.1 Å². The highest BCUT2D eigenvalue weighted by atomic mass is 32.2. The molecule has 0 bridgehead atoms. The van der Waals surface area contributed by atoms with Crippen molar-refractivity contribution in [3.8, 4) is 0 Å². The summed E-state index contributed by atoms with van der Waals surface area (Å²) >= 11 is 1.75. The van der Waals surface area contributed by atoms with Gasteiger partial charge in [0, 0.05) is 12.3 Å². The Balaban J connectivity index is 0. The maximum Gasteiger partial charge on any atom is 0.306 e. The molecule has 0 aromatic carbocycles. The summed E-state index contributed by atoms with van der Waals surface area (Å²) in [5, 5.41) is 0. The van der Waals surface area contributed by atoms with Crippen LogP contribution >= 0.6 is 11.8 Å². The second-order valence-electron chi connectivity index (χ2n) is 3.65. The summed E-state index contributed by atoms with van der Waals surface area (Å²) in [4.78, 5) is 22.9. The zero-order valence-electron chi connectivity index (χ0n) is 12.0. The number of rotatable bonds is 7. The zero-order chi connectivity index (χ0) is 14.4. The van der Waals surface area contributed by atoms with Crippen LogP contribution in [0.3, 0.4) is 0 Å². The molecule has 0 aromatic heterocycles. The molecule has 18 heavy (non-hydrogen) atoms. The number of carbonyl (C=O) groups is 2. The van der Waals surface area contributed by atoms with Gasteiger partial charge >= 0.3 is 11.9 Å². The van der Waals surface area contributed by atoms with E-state index in [1.807, 2.05) is 19.0 Å². The first-order valence-electron chi connectivity index (χ1n) is 5.84. The Morgan fingerprint density at radius 1 is 1.06 bits per heavy atom. The van der Waals surface area contributed by atoms with Crippen molar-refractivity contribution in [1.82, 2.24) is 4.90 Å². The molecule has 0 aliphatic heterocycles. The molecule has 0 aliphatic carbocycles. The third-order valence-corrected chi connectivity index (χ3v) is 2.77. The van der Waals surface area contributed by atoms with E-state index in [1.165, 1.54) is 14.2 Å². The molecule has 0 heterocycles. The SMILES string of the molecule is CCSCCC(=O)OC.COC(=O)CCN(C)C. The molecule has 6 heteroatoms. The highest BCUT2D eigenvalue weighted by molar-refractivity contribution is 7.99. The van der Waals surface area contributed by atoms with E-state index in [1.54, 1.807) is 11.8 Å². The van der Waals surface area contributed by atoms with Crippen molar-refractivity contribution >= 4 is 23.7 Å². The van der Waals surface area contributed by atoms with Crippen molar-refractivity contribution < 1.29 is 19.1 Å². The number of nitrogens with zero attached hydrogens (tertiary/aromatic N) is 1. The van der Waals surface area contributed by atoms with E-state index in [-0.39, 0.29) is 11.9 Å². The van der Waals surface area contributed by atoms with Gasteiger partial charge in [0.25, 0.3) is 0 Å². The second kappa shape index (κ2) is 14.3. The largest absolute Gasteiger partial charge is 0.469 e. The number of ether oxygens (including phenoxy) is 2. The lowest BCUT2D eigenvalue weighted by atomic mass is 10.4. The van der Waals surface area contributed by atoms with Crippen LogP contribution in [0.25, 0.3) is 0 Å². The minimum atomic E-state index is -0.149. The number of esters is 2. The molecular weight excluding hydrogens is 254 g/mol. The van der Waals surface area contributed by atoms with Crippen LogP contribution in [-0.4, -0.2) is 63.2 Å². The van der Waals surface area contributed by atoms with Crippen molar-refractivity contribution in [3.05, 3.63) is 0 Å². The molecule has 5 nitrogen and oxygen atoms in total. The lowest BCUT2D eigenvalue weighted by molar-refractivity contribution is -0.141. The molecule has 0 radical (unpaired) electrons. The van der Waals surface area contributed by atoms with E-state index >= 15 is 0 Å². The average Bonchev–Trinajstić information content (AvgIpc) is 2.36. The summed E-state index contributed by atoms with van der Waals surface area (Å²) in [5.41, 5.74) is 0. The first-order chi connectivity index (χ1) is 8.47. The van der Waals surface area contributed by atoms with Crippen molar-refractivity contribution in [2.24, 2.45) is 0 Å². The van der Waals surface area contributed by atoms with Gasteiger partial charge in [0.2, 0.25) is 0 Å². The lowest BCUT2D eigenvalue weighted by Crippen LogP contribution is -2.17. The van der Waals surface area contributed by atoms with Crippen LogP contribution in [0.2, 0.25) is 0 Å². The molecule has 0 amide bonds. The number of hydrogen-bond donors (Lipinski definition) is 0. The molecular formula is C12H25NO4S. The summed E-state index contributed by atoms with van der Waals surface area (Å²) in [5.74, 6) is 1.68. The normalized spacial score (nSPS) is 9.44. The molecule has 0 N–H and O–H groups in total. The minimum Gasteiger partial charge on any atom is -0.469 e. The Hall–Kier alpha value is -0.750. The van der Waals surface area contributed by atoms with Gasteiger partial charge in [-0.15, -0.1) is 0 Å². The predicted octanol–water partition coefficient (Wildman–Crippen LogP) is 1.41. The average molecular weight is 279 g/mol. The molecule has 108 valence electrons. The summed E-state index contributed by atoms with van der Waals surface area (Å²) < 4.78 is 8.88. The summed E-state index contributed by atoms with van der Waals surface area (Å²) in [7, 11) is 6.66. The van der Waals surface area contributed by atoms with Gasteiger partial charge in [-0.2, -0.15) is 11.8 Å². The third-order valence-electron chi connectivity index (χ3n) is 1.87. The van der Waals surface area contributed by atoms with Crippen LogP contribution < -0.4 is 0 Å². The van der Waals surface area contributed by atoms with E-state index < -0.39 is 0 Å². The van der Waals surface area contributed by atoms with E-state index in [4.69, 9.17) is 0 Å². The van der Waals surface area contributed by atoms with Crippen molar-refractivity contribution in [1.29, 1.82) is 0 Å². The molecule has 0 aliphatic rings. The monoisotopic (exact) mass is 279 g/mol. The Morgan fingerprint density at radius 2 is 1.56 bits per heavy atom. The van der Waals surface area contributed by atoms with E-state index in [9.17, 15) is 9.59 Å². The maximum atomic E-state index is 10.5. The Kier molecular flexibility index (Phi) is 15.6. The summed E-state index contributed by atoms with van der Waals surface area (Å²) in [6.45, 7) is 2.83. The third kappa shape index (κ3) is 17.6. The fraction of sp³-hybridized carbons (Fsp3) is 0.833. The Labute approximate surface area is 114 Å². The fourth-order valence-electron chi connectivity index (χ4n) is 0.819. The molecule has 0 spiro atoms. The quantitative estimate of drug-likeness (QED) is 0.519. The summed E-state index contributed by atoms with van der Waals surface area (Å²) in [6, 6.07) is 0. The number of hydrogen-bond acceptors (Lipinski definition) is 6. The molecule has 0 saturated carbocycles. The first-order valence-corrected chi connectivity index (χ1v) is 6.99. The predicted molar refractivity (Wildman–Crippen MR) is 74.8 cm³/mol. The second-order valence-corrected chi connectivity index (χ2v) is 5.05. The Morgan fingerprint density at radius 3 is 1.94 bits per heavy atom.